The van der Waals surface area contributed by atoms with E-state index in [0.29, 0.717) is 11.4 Å². The van der Waals surface area contributed by atoms with Gasteiger partial charge >= 0.3 is 0 Å². The Hall–Kier alpha value is -3.06. The van der Waals surface area contributed by atoms with Gasteiger partial charge in [-0.25, -0.2) is 4.98 Å². The third-order valence-corrected chi connectivity index (χ3v) is 5.11. The van der Waals surface area contributed by atoms with Crippen molar-refractivity contribution in [3.63, 3.8) is 0 Å². The van der Waals surface area contributed by atoms with Gasteiger partial charge in [0.15, 0.2) is 5.03 Å². The van der Waals surface area contributed by atoms with Crippen molar-refractivity contribution >= 4 is 23.4 Å². The summed E-state index contributed by atoms with van der Waals surface area (Å²) < 4.78 is 6.63. The zero-order chi connectivity index (χ0) is 19.9. The number of aromatic nitrogens is 2. The second-order valence-electron chi connectivity index (χ2n) is 5.99. The lowest BCUT2D eigenvalue weighted by Gasteiger charge is -2.09. The first-order chi connectivity index (χ1) is 13.6. The van der Waals surface area contributed by atoms with Crippen molar-refractivity contribution in [3.8, 4) is 11.4 Å². The van der Waals surface area contributed by atoms with E-state index < -0.39 is 0 Å². The largest absolute Gasteiger partial charge is 0.497 e. The summed E-state index contributed by atoms with van der Waals surface area (Å²) >= 11 is 1.12. The van der Waals surface area contributed by atoms with Gasteiger partial charge < -0.3 is 10.1 Å². The van der Waals surface area contributed by atoms with Crippen molar-refractivity contribution in [1.82, 2.24) is 9.55 Å². The third kappa shape index (κ3) is 4.80. The molecule has 0 saturated carbocycles. The minimum Gasteiger partial charge on any atom is -0.497 e. The number of amides is 1. The van der Waals surface area contributed by atoms with E-state index in [4.69, 9.17) is 4.74 Å². The molecule has 0 unspecified atom stereocenters. The number of nitrogens with one attached hydrogen (secondary N) is 1. The summed E-state index contributed by atoms with van der Waals surface area (Å²) in [5.41, 5.74) is 2.38. The van der Waals surface area contributed by atoms with Crippen molar-refractivity contribution in [2.24, 2.45) is 0 Å². The maximum Gasteiger partial charge on any atom is 0.287 e. The van der Waals surface area contributed by atoms with Gasteiger partial charge in [0, 0.05) is 23.8 Å². The van der Waals surface area contributed by atoms with Gasteiger partial charge in [0.1, 0.15) is 5.75 Å². The Morgan fingerprint density at radius 3 is 2.50 bits per heavy atom. The van der Waals surface area contributed by atoms with Gasteiger partial charge in [-0.2, -0.15) is 0 Å². The van der Waals surface area contributed by atoms with Crippen LogP contribution in [0.15, 0.2) is 70.7 Å². The Labute approximate surface area is 167 Å². The van der Waals surface area contributed by atoms with Gasteiger partial charge in [0.25, 0.3) is 5.56 Å². The van der Waals surface area contributed by atoms with E-state index in [1.54, 1.807) is 43.8 Å². The second-order valence-corrected chi connectivity index (χ2v) is 6.96. The van der Waals surface area contributed by atoms with Crippen LogP contribution in [0.2, 0.25) is 0 Å². The monoisotopic (exact) mass is 395 g/mol. The minimum absolute atomic E-state index is 0.102. The minimum atomic E-state index is -0.266. The van der Waals surface area contributed by atoms with Gasteiger partial charge in [0.05, 0.1) is 12.9 Å². The van der Waals surface area contributed by atoms with Crippen molar-refractivity contribution in [2.75, 3.05) is 18.2 Å². The summed E-state index contributed by atoms with van der Waals surface area (Å²) in [5, 5.41) is 3.10. The first-order valence-electron chi connectivity index (χ1n) is 8.84. The van der Waals surface area contributed by atoms with Crippen LogP contribution >= 0.6 is 11.8 Å². The number of thioether (sulfide) groups is 1. The highest BCUT2D eigenvalue weighted by Gasteiger charge is 2.10. The fourth-order valence-electron chi connectivity index (χ4n) is 2.59. The van der Waals surface area contributed by atoms with Gasteiger partial charge in [0.2, 0.25) is 5.91 Å². The summed E-state index contributed by atoms with van der Waals surface area (Å²) in [6.45, 7) is 2.08. The Balaban J connectivity index is 1.67. The number of rotatable bonds is 7. The predicted octanol–water partition coefficient (Wildman–Crippen LogP) is 3.53. The van der Waals surface area contributed by atoms with Crippen molar-refractivity contribution < 1.29 is 9.53 Å². The topological polar surface area (TPSA) is 73.2 Å². The highest BCUT2D eigenvalue weighted by Crippen LogP contribution is 2.16. The molecule has 0 saturated heterocycles. The molecule has 3 rings (SSSR count). The highest BCUT2D eigenvalue weighted by molar-refractivity contribution is 7.99. The van der Waals surface area contributed by atoms with E-state index in [2.05, 4.69) is 17.2 Å². The smallest absolute Gasteiger partial charge is 0.287 e. The molecule has 1 heterocycles. The highest BCUT2D eigenvalue weighted by atomic mass is 32.2. The molecule has 0 spiro atoms. The van der Waals surface area contributed by atoms with Gasteiger partial charge in [-0.05, 0) is 48.4 Å². The molecule has 0 aliphatic rings. The number of aryl methyl sites for hydroxylation is 1. The molecule has 6 nitrogen and oxygen atoms in total. The summed E-state index contributed by atoms with van der Waals surface area (Å²) in [4.78, 5) is 29.0. The maximum absolute atomic E-state index is 12.7. The molecule has 7 heteroatoms. The molecule has 0 bridgehead atoms. The van der Waals surface area contributed by atoms with Gasteiger partial charge in [-0.3, -0.25) is 14.2 Å². The average molecular weight is 395 g/mol. The van der Waals surface area contributed by atoms with Gasteiger partial charge in [-0.1, -0.05) is 30.8 Å². The molecular weight excluding hydrogens is 374 g/mol. The van der Waals surface area contributed by atoms with E-state index >= 15 is 0 Å². The van der Waals surface area contributed by atoms with Crippen molar-refractivity contribution in [3.05, 3.63) is 76.8 Å². The average Bonchev–Trinajstić information content (AvgIpc) is 2.74. The molecule has 0 atom stereocenters. The first-order valence-corrected chi connectivity index (χ1v) is 9.83. The van der Waals surface area contributed by atoms with Crippen LogP contribution in [-0.2, 0) is 11.2 Å². The number of carbonyl (C=O) groups is 1. The van der Waals surface area contributed by atoms with Crippen LogP contribution < -0.4 is 15.6 Å². The molecule has 1 N–H and O–H groups in total. The molecule has 0 radical (unpaired) electrons. The summed E-state index contributed by atoms with van der Waals surface area (Å²) in [5.74, 6) is 0.629. The van der Waals surface area contributed by atoms with Crippen LogP contribution in [0.25, 0.3) is 5.69 Å². The number of hydrogen-bond donors (Lipinski definition) is 1. The SMILES string of the molecule is CCc1ccc(NC(=O)CSc2nccn(-c3ccc(OC)cc3)c2=O)cc1. The van der Waals surface area contributed by atoms with E-state index in [0.717, 1.165) is 23.9 Å². The van der Waals surface area contributed by atoms with E-state index in [-0.39, 0.29) is 22.2 Å². The summed E-state index contributed by atoms with van der Waals surface area (Å²) in [6.07, 6.45) is 4.10. The lowest BCUT2D eigenvalue weighted by atomic mass is 10.1. The number of nitrogens with zero attached hydrogens (tertiary/aromatic N) is 2. The fourth-order valence-corrected chi connectivity index (χ4v) is 3.29. The van der Waals surface area contributed by atoms with Gasteiger partial charge in [-0.15, -0.1) is 0 Å². The number of anilines is 1. The van der Waals surface area contributed by atoms with Crippen molar-refractivity contribution in [1.29, 1.82) is 0 Å². The van der Waals surface area contributed by atoms with Crippen LogP contribution in [0.5, 0.6) is 5.75 Å². The number of hydrogen-bond acceptors (Lipinski definition) is 5. The van der Waals surface area contributed by atoms with Crippen LogP contribution in [0.3, 0.4) is 0 Å². The number of ether oxygens (including phenoxy) is 1. The molecular formula is C21H21N3O3S. The summed E-state index contributed by atoms with van der Waals surface area (Å²) in [7, 11) is 1.59. The molecule has 28 heavy (non-hydrogen) atoms. The lowest BCUT2D eigenvalue weighted by Crippen LogP contribution is -2.22. The Morgan fingerprint density at radius 2 is 1.86 bits per heavy atom. The van der Waals surface area contributed by atoms with Crippen LogP contribution in [-0.4, -0.2) is 28.3 Å². The van der Waals surface area contributed by atoms with Crippen molar-refractivity contribution in [2.45, 2.75) is 18.4 Å². The Kier molecular flexibility index (Phi) is 6.49. The molecule has 2 aromatic carbocycles. The zero-order valence-corrected chi connectivity index (χ0v) is 16.5. The Morgan fingerprint density at radius 1 is 1.14 bits per heavy atom. The molecule has 0 aliphatic heterocycles. The first kappa shape index (κ1) is 19.7. The van der Waals surface area contributed by atoms with E-state index in [9.17, 15) is 9.59 Å². The number of carbonyl (C=O) groups excluding carboxylic acids is 1. The van der Waals surface area contributed by atoms with E-state index in [1.165, 1.54) is 10.1 Å². The second kappa shape index (κ2) is 9.23. The molecule has 0 aliphatic carbocycles. The maximum atomic E-state index is 12.7. The zero-order valence-electron chi connectivity index (χ0n) is 15.7. The number of methoxy groups -OCH3 is 1. The summed E-state index contributed by atoms with van der Waals surface area (Å²) in [6, 6.07) is 14.9. The third-order valence-electron chi connectivity index (χ3n) is 4.15. The number of benzene rings is 2. The van der Waals surface area contributed by atoms with E-state index in [1.807, 2.05) is 24.3 Å². The predicted molar refractivity (Wildman–Crippen MR) is 112 cm³/mol. The molecule has 144 valence electrons. The molecule has 0 fully saturated rings. The standard InChI is InChI=1S/C21H21N3O3S/c1-3-15-4-6-16(7-5-15)23-19(25)14-28-20-21(26)24(13-12-22-20)17-8-10-18(27-2)11-9-17/h4-13H,3,14H2,1-2H3,(H,23,25). The van der Waals surface area contributed by atoms with Crippen LogP contribution in [0, 0.1) is 0 Å². The lowest BCUT2D eigenvalue weighted by molar-refractivity contribution is -0.113. The molecule has 1 aromatic heterocycles. The van der Waals surface area contributed by atoms with Crippen LogP contribution in [0.1, 0.15) is 12.5 Å². The normalized spacial score (nSPS) is 10.5. The Bertz CT molecular complexity index is 999. The molecule has 3 aromatic rings. The fraction of sp³-hybridized carbons (Fsp3) is 0.190. The molecule has 1 amide bonds. The van der Waals surface area contributed by atoms with Crippen LogP contribution in [0.4, 0.5) is 5.69 Å². The quantitative estimate of drug-likeness (QED) is 0.620.